The van der Waals surface area contributed by atoms with Gasteiger partial charge >= 0.3 is 5.97 Å². The van der Waals surface area contributed by atoms with E-state index >= 15 is 0 Å². The third-order valence-corrected chi connectivity index (χ3v) is 3.49. The lowest BCUT2D eigenvalue weighted by Gasteiger charge is -2.15. The molecule has 2 aromatic rings. The molecule has 1 aromatic heterocycles. The average molecular weight is 287 g/mol. The van der Waals surface area contributed by atoms with Gasteiger partial charge in [-0.3, -0.25) is 4.79 Å². The van der Waals surface area contributed by atoms with Gasteiger partial charge in [-0.2, -0.15) is 0 Å². The van der Waals surface area contributed by atoms with E-state index in [0.29, 0.717) is 5.56 Å². The summed E-state index contributed by atoms with van der Waals surface area (Å²) in [6.45, 7) is 3.67. The minimum Gasteiger partial charge on any atom is -0.871 e. The zero-order valence-corrected chi connectivity index (χ0v) is 11.9. The molecule has 1 amide bonds. The van der Waals surface area contributed by atoms with Crippen LogP contribution in [0.5, 0.6) is 5.75 Å². The third kappa shape index (κ3) is 2.74. The van der Waals surface area contributed by atoms with Crippen molar-refractivity contribution in [2.75, 3.05) is 5.32 Å². The van der Waals surface area contributed by atoms with Gasteiger partial charge in [0.05, 0.1) is 11.1 Å². The highest BCUT2D eigenvalue weighted by atomic mass is 16.4. The summed E-state index contributed by atoms with van der Waals surface area (Å²) >= 11 is 0. The summed E-state index contributed by atoms with van der Waals surface area (Å²) < 4.78 is 1.86. The molecule has 21 heavy (non-hydrogen) atoms. The minimum atomic E-state index is -1.16. The monoisotopic (exact) mass is 287 g/mol. The first-order valence-corrected chi connectivity index (χ1v) is 6.30. The Balaban J connectivity index is 2.33. The third-order valence-electron chi connectivity index (χ3n) is 3.49. The number of anilines is 1. The Morgan fingerprint density at radius 1 is 1.24 bits per heavy atom. The molecule has 0 bridgehead atoms. The second kappa shape index (κ2) is 5.32. The number of hydrogen-bond donors (Lipinski definition) is 2. The number of carboxylic acids is 1. The second-order valence-corrected chi connectivity index (χ2v) is 4.81. The lowest BCUT2D eigenvalue weighted by molar-refractivity contribution is -0.267. The zero-order valence-electron chi connectivity index (χ0n) is 11.9. The van der Waals surface area contributed by atoms with Crippen LogP contribution in [0.4, 0.5) is 5.69 Å². The highest BCUT2D eigenvalue weighted by Gasteiger charge is 2.15. The number of aromatic nitrogens is 1. The van der Waals surface area contributed by atoms with Crippen LogP contribution >= 0.6 is 0 Å². The fourth-order valence-corrected chi connectivity index (χ4v) is 2.04. The van der Waals surface area contributed by atoms with Gasteiger partial charge in [-0.15, -0.1) is 0 Å². The Hall–Kier alpha value is -2.76. The quantitative estimate of drug-likeness (QED) is 0.897. The van der Waals surface area contributed by atoms with Gasteiger partial charge in [-0.1, -0.05) is 11.8 Å². The molecule has 1 aromatic carbocycles. The summed E-state index contributed by atoms with van der Waals surface area (Å²) in [6, 6.07) is 5.21. The lowest BCUT2D eigenvalue weighted by atomic mass is 10.1. The largest absolute Gasteiger partial charge is 0.871 e. The molecule has 0 aliphatic heterocycles. The van der Waals surface area contributed by atoms with E-state index in [4.69, 9.17) is 5.11 Å². The highest BCUT2D eigenvalue weighted by molar-refractivity contribution is 6.06. The van der Waals surface area contributed by atoms with Crippen molar-refractivity contribution in [3.63, 3.8) is 0 Å². The number of amides is 1. The molecule has 6 heteroatoms. The second-order valence-electron chi connectivity index (χ2n) is 4.81. The van der Waals surface area contributed by atoms with Gasteiger partial charge in [0, 0.05) is 24.1 Å². The summed E-state index contributed by atoms with van der Waals surface area (Å²) in [5.41, 5.74) is 2.05. The van der Waals surface area contributed by atoms with Crippen molar-refractivity contribution in [3.8, 4) is 5.75 Å². The smallest absolute Gasteiger partial charge is 0.335 e. The van der Waals surface area contributed by atoms with Gasteiger partial charge in [0.15, 0.2) is 0 Å². The topological polar surface area (TPSA) is 94.4 Å². The van der Waals surface area contributed by atoms with E-state index < -0.39 is 17.6 Å². The van der Waals surface area contributed by atoms with Crippen molar-refractivity contribution in [2.24, 2.45) is 7.05 Å². The molecular formula is C15H15N2O4-. The van der Waals surface area contributed by atoms with Crippen molar-refractivity contribution in [2.45, 2.75) is 13.8 Å². The number of nitrogens with zero attached hydrogens (tertiary/aromatic N) is 1. The zero-order chi connectivity index (χ0) is 15.7. The molecule has 0 atom stereocenters. The highest BCUT2D eigenvalue weighted by Crippen LogP contribution is 2.23. The SMILES string of the molecule is Cc1cc(C(=O)Nc2cc(C(=O)O)ccc2[O-])c(C)n1C. The van der Waals surface area contributed by atoms with Gasteiger partial charge in [-0.05, 0) is 32.0 Å². The van der Waals surface area contributed by atoms with Crippen molar-refractivity contribution in [1.82, 2.24) is 4.57 Å². The fraction of sp³-hybridized carbons (Fsp3) is 0.200. The molecule has 0 aliphatic rings. The molecule has 2 rings (SSSR count). The van der Waals surface area contributed by atoms with Crippen LogP contribution in [0.2, 0.25) is 0 Å². The van der Waals surface area contributed by atoms with Crippen LogP contribution in [0, 0.1) is 13.8 Å². The Bertz CT molecular complexity index is 732. The molecule has 0 spiro atoms. The van der Waals surface area contributed by atoms with Crippen LogP contribution in [0.25, 0.3) is 0 Å². The standard InChI is InChI=1S/C15H16N2O4/c1-8-6-11(9(2)17(8)3)14(19)16-12-7-10(15(20)21)4-5-13(12)18/h4-7,18H,1-3H3,(H,16,19)(H,20,21)/p-1. The number of nitrogens with one attached hydrogen (secondary N) is 1. The van der Waals surface area contributed by atoms with Crippen LogP contribution in [-0.2, 0) is 7.05 Å². The Labute approximate surface area is 121 Å². The van der Waals surface area contributed by atoms with Gasteiger partial charge in [0.25, 0.3) is 5.91 Å². The van der Waals surface area contributed by atoms with Crippen LogP contribution < -0.4 is 10.4 Å². The Morgan fingerprint density at radius 2 is 1.90 bits per heavy atom. The number of aryl methyl sites for hydroxylation is 1. The molecule has 6 nitrogen and oxygen atoms in total. The van der Waals surface area contributed by atoms with Crippen LogP contribution in [0.3, 0.4) is 0 Å². The minimum absolute atomic E-state index is 0.0409. The van der Waals surface area contributed by atoms with E-state index in [1.165, 1.54) is 6.07 Å². The predicted molar refractivity (Wildman–Crippen MR) is 75.7 cm³/mol. The summed E-state index contributed by atoms with van der Waals surface area (Å²) in [4.78, 5) is 23.1. The number of benzene rings is 1. The molecule has 0 saturated heterocycles. The van der Waals surface area contributed by atoms with Gasteiger partial charge in [0.2, 0.25) is 0 Å². The van der Waals surface area contributed by atoms with Gasteiger partial charge < -0.3 is 20.1 Å². The Morgan fingerprint density at radius 3 is 2.43 bits per heavy atom. The van der Waals surface area contributed by atoms with E-state index in [1.54, 1.807) is 13.0 Å². The van der Waals surface area contributed by atoms with Crippen molar-refractivity contribution < 1.29 is 19.8 Å². The first kappa shape index (κ1) is 14.6. The maximum absolute atomic E-state index is 12.2. The van der Waals surface area contributed by atoms with Crippen LogP contribution in [0.1, 0.15) is 32.1 Å². The summed E-state index contributed by atoms with van der Waals surface area (Å²) in [5, 5.41) is 23.1. The normalized spacial score (nSPS) is 10.4. The molecule has 2 N–H and O–H groups in total. The molecule has 1 heterocycles. The maximum Gasteiger partial charge on any atom is 0.335 e. The predicted octanol–water partition coefficient (Wildman–Crippen LogP) is 1.67. The van der Waals surface area contributed by atoms with Crippen molar-refractivity contribution in [1.29, 1.82) is 0 Å². The number of carbonyl (C=O) groups is 2. The van der Waals surface area contributed by atoms with E-state index in [1.807, 2.05) is 18.5 Å². The lowest BCUT2D eigenvalue weighted by Crippen LogP contribution is -2.15. The number of hydrogen-bond acceptors (Lipinski definition) is 3. The molecule has 0 fully saturated rings. The van der Waals surface area contributed by atoms with Crippen LogP contribution in [0.15, 0.2) is 24.3 Å². The van der Waals surface area contributed by atoms with Crippen LogP contribution in [-0.4, -0.2) is 21.6 Å². The first-order chi connectivity index (χ1) is 9.81. The average Bonchev–Trinajstić information content (AvgIpc) is 2.68. The maximum atomic E-state index is 12.2. The molecule has 0 radical (unpaired) electrons. The Kier molecular flexibility index (Phi) is 3.71. The molecular weight excluding hydrogens is 272 g/mol. The van der Waals surface area contributed by atoms with Gasteiger partial charge in [-0.25, -0.2) is 4.79 Å². The van der Waals surface area contributed by atoms with E-state index in [9.17, 15) is 14.7 Å². The van der Waals surface area contributed by atoms with E-state index in [0.717, 1.165) is 23.5 Å². The van der Waals surface area contributed by atoms with Crippen molar-refractivity contribution in [3.05, 3.63) is 46.8 Å². The number of carbonyl (C=O) groups excluding carboxylic acids is 1. The fourth-order valence-electron chi connectivity index (χ4n) is 2.04. The van der Waals surface area contributed by atoms with E-state index in [-0.39, 0.29) is 11.3 Å². The van der Waals surface area contributed by atoms with E-state index in [2.05, 4.69) is 5.32 Å². The molecule has 0 saturated carbocycles. The van der Waals surface area contributed by atoms with Crippen molar-refractivity contribution >= 4 is 17.6 Å². The number of rotatable bonds is 3. The summed E-state index contributed by atoms with van der Waals surface area (Å²) in [5.74, 6) is -2.02. The molecule has 110 valence electrons. The number of carboxylic acid groups (broad SMARTS) is 1. The first-order valence-electron chi connectivity index (χ1n) is 6.30. The summed E-state index contributed by atoms with van der Waals surface area (Å²) in [7, 11) is 1.84. The molecule has 0 unspecified atom stereocenters. The number of aromatic carboxylic acids is 1. The molecule has 0 aliphatic carbocycles. The van der Waals surface area contributed by atoms with Gasteiger partial charge in [0.1, 0.15) is 0 Å². The summed E-state index contributed by atoms with van der Waals surface area (Å²) in [6.07, 6.45) is 0.